The first kappa shape index (κ1) is 21.7. The van der Waals surface area contributed by atoms with Gasteiger partial charge in [0.1, 0.15) is 27.4 Å². The first-order valence-corrected chi connectivity index (χ1v) is 10.0. The van der Waals surface area contributed by atoms with E-state index in [1.54, 1.807) is 48.5 Å². The maximum absolute atomic E-state index is 11.2. The molecular weight excluding hydrogens is 398 g/mol. The molecule has 0 saturated heterocycles. The van der Waals surface area contributed by atoms with E-state index in [9.17, 15) is 13.0 Å². The summed E-state index contributed by atoms with van der Waals surface area (Å²) in [5, 5.41) is 0. The van der Waals surface area contributed by atoms with Crippen molar-refractivity contribution in [3.8, 4) is 17.2 Å². The summed E-state index contributed by atoms with van der Waals surface area (Å²) in [6.07, 6.45) is 0. The molecule has 9 heteroatoms. The van der Waals surface area contributed by atoms with Crippen LogP contribution in [0.3, 0.4) is 0 Å². The maximum Gasteiger partial charge on any atom is 1.00 e. The van der Waals surface area contributed by atoms with Crippen molar-refractivity contribution >= 4 is 18.7 Å². The van der Waals surface area contributed by atoms with Gasteiger partial charge in [-0.25, -0.2) is 8.42 Å². The summed E-state index contributed by atoms with van der Waals surface area (Å²) in [4.78, 5) is -0.385. The molecule has 0 atom stereocenters. The van der Waals surface area contributed by atoms with Gasteiger partial charge in [0, 0.05) is 0 Å². The Morgan fingerprint density at radius 3 is 1.59 bits per heavy atom. The second kappa shape index (κ2) is 10.1. The molecule has 0 heterocycles. The van der Waals surface area contributed by atoms with E-state index in [2.05, 4.69) is 0 Å². The monoisotopic (exact) mass is 412 g/mol. The number of rotatable bonds is 7. The molecular formula is C18H14NaO6PS. The van der Waals surface area contributed by atoms with Crippen molar-refractivity contribution in [3.63, 3.8) is 0 Å². The van der Waals surface area contributed by atoms with Gasteiger partial charge in [0.25, 0.3) is 0 Å². The molecule has 0 aliphatic rings. The molecule has 6 nitrogen and oxygen atoms in total. The van der Waals surface area contributed by atoms with Gasteiger partial charge in [-0.05, 0) is 42.5 Å². The molecule has 0 spiro atoms. The largest absolute Gasteiger partial charge is 1.00 e. The summed E-state index contributed by atoms with van der Waals surface area (Å²) in [7, 11) is -6.52. The molecule has 0 N–H and O–H groups in total. The molecule has 0 aromatic heterocycles. The van der Waals surface area contributed by atoms with Crippen molar-refractivity contribution in [2.24, 2.45) is 0 Å². The minimum absolute atomic E-state index is 0. The van der Waals surface area contributed by atoms with Crippen molar-refractivity contribution in [2.75, 3.05) is 0 Å². The smallest absolute Gasteiger partial charge is 0.744 e. The first-order valence-electron chi connectivity index (χ1n) is 7.51. The van der Waals surface area contributed by atoms with Crippen LogP contribution in [0.5, 0.6) is 17.2 Å². The topological polar surface area (TPSA) is 84.9 Å². The molecule has 0 aliphatic heterocycles. The fourth-order valence-electron chi connectivity index (χ4n) is 1.96. The summed E-state index contributed by atoms with van der Waals surface area (Å²) >= 11 is 0. The molecule has 0 saturated carbocycles. The third kappa shape index (κ3) is 6.81. The Hall–Kier alpha value is -1.60. The van der Waals surface area contributed by atoms with Gasteiger partial charge >= 0.3 is 38.2 Å². The Morgan fingerprint density at radius 2 is 1.11 bits per heavy atom. The van der Waals surface area contributed by atoms with Gasteiger partial charge < -0.3 is 18.1 Å². The zero-order valence-electron chi connectivity index (χ0n) is 14.4. The van der Waals surface area contributed by atoms with E-state index in [-0.39, 0.29) is 40.2 Å². The van der Waals surface area contributed by atoms with Gasteiger partial charge in [0.15, 0.2) is 0 Å². The van der Waals surface area contributed by atoms with Crippen LogP contribution in [-0.2, 0) is 10.1 Å². The van der Waals surface area contributed by atoms with Gasteiger partial charge in [0.2, 0.25) is 0 Å². The molecule has 3 aromatic rings. The zero-order valence-corrected chi connectivity index (χ0v) is 18.1. The molecule has 0 bridgehead atoms. The third-order valence-electron chi connectivity index (χ3n) is 3.12. The van der Waals surface area contributed by atoms with Crippen LogP contribution in [0.15, 0.2) is 89.8 Å². The summed E-state index contributed by atoms with van der Waals surface area (Å²) in [6, 6.07) is 23.1. The Morgan fingerprint density at radius 1 is 0.667 bits per heavy atom. The third-order valence-corrected chi connectivity index (χ3v) is 5.03. The molecule has 27 heavy (non-hydrogen) atoms. The van der Waals surface area contributed by atoms with E-state index < -0.39 is 18.7 Å². The van der Waals surface area contributed by atoms with Gasteiger partial charge in [-0.3, -0.25) is 0 Å². The van der Waals surface area contributed by atoms with Crippen LogP contribution in [0, 0.1) is 0 Å². The predicted molar refractivity (Wildman–Crippen MR) is 96.1 cm³/mol. The number of benzene rings is 3. The molecule has 0 fully saturated rings. The van der Waals surface area contributed by atoms with Crippen LogP contribution >= 0.6 is 8.60 Å². The Labute approximate surface area is 181 Å². The van der Waals surface area contributed by atoms with Gasteiger partial charge in [-0.15, -0.1) is 0 Å². The average molecular weight is 412 g/mol. The Bertz CT molecular complexity index is 912. The van der Waals surface area contributed by atoms with Crippen LogP contribution in [0.2, 0.25) is 0 Å². The van der Waals surface area contributed by atoms with Crippen molar-refractivity contribution in [2.45, 2.75) is 4.90 Å². The quantitative estimate of drug-likeness (QED) is 0.331. The van der Waals surface area contributed by atoms with Crippen molar-refractivity contribution in [3.05, 3.63) is 84.9 Å². The minimum Gasteiger partial charge on any atom is -0.744 e. The van der Waals surface area contributed by atoms with E-state index in [0.29, 0.717) is 11.5 Å². The molecule has 3 rings (SSSR count). The maximum atomic E-state index is 11.2. The van der Waals surface area contributed by atoms with E-state index in [1.807, 2.05) is 12.1 Å². The van der Waals surface area contributed by atoms with Crippen LogP contribution < -0.4 is 43.1 Å². The Balaban J connectivity index is 0.00000261. The standard InChI is InChI=1S/C18H15O6PS.Na/c19-26(20,21)18-13-7-12-17(14-18)24-25(22-15-8-3-1-4-9-15)23-16-10-5-2-6-11-16;/h1-14H,(H,19,20,21);/q;+1/p-1. The zero-order chi connectivity index (χ0) is 18.4. The van der Waals surface area contributed by atoms with Crippen LogP contribution in [-0.4, -0.2) is 13.0 Å². The second-order valence-electron chi connectivity index (χ2n) is 5.05. The summed E-state index contributed by atoms with van der Waals surface area (Å²) in [6.45, 7) is 0. The molecule has 134 valence electrons. The van der Waals surface area contributed by atoms with Crippen molar-refractivity contribution < 1.29 is 56.1 Å². The minimum atomic E-state index is -4.58. The first-order chi connectivity index (χ1) is 12.5. The SMILES string of the molecule is O=S(=O)([O-])c1cccc(OP(Oc2ccccc2)Oc2ccccc2)c1.[Na+]. The fraction of sp³-hybridized carbons (Fsp3) is 0. The molecule has 0 unspecified atom stereocenters. The number of hydrogen-bond donors (Lipinski definition) is 0. The van der Waals surface area contributed by atoms with Gasteiger partial charge in [-0.1, -0.05) is 42.5 Å². The van der Waals surface area contributed by atoms with E-state index in [0.717, 1.165) is 6.07 Å². The molecule has 0 aliphatic carbocycles. The van der Waals surface area contributed by atoms with E-state index in [4.69, 9.17) is 13.6 Å². The van der Waals surface area contributed by atoms with Crippen LogP contribution in [0.25, 0.3) is 0 Å². The van der Waals surface area contributed by atoms with Gasteiger partial charge in [0.05, 0.1) is 4.90 Å². The second-order valence-corrected chi connectivity index (χ2v) is 7.43. The summed E-state index contributed by atoms with van der Waals surface area (Å²) < 4.78 is 50.7. The predicted octanol–water partition coefficient (Wildman–Crippen LogP) is 1.36. The van der Waals surface area contributed by atoms with Gasteiger partial charge in [-0.2, -0.15) is 0 Å². The van der Waals surface area contributed by atoms with Crippen LogP contribution in [0.4, 0.5) is 0 Å². The number of para-hydroxylation sites is 2. The Kier molecular flexibility index (Phi) is 8.10. The van der Waals surface area contributed by atoms with Crippen molar-refractivity contribution in [1.82, 2.24) is 0 Å². The summed E-state index contributed by atoms with van der Waals surface area (Å²) in [5.74, 6) is 1.21. The molecule has 0 radical (unpaired) electrons. The molecule has 0 amide bonds. The normalized spacial score (nSPS) is 10.7. The van der Waals surface area contributed by atoms with Crippen LogP contribution in [0.1, 0.15) is 0 Å². The van der Waals surface area contributed by atoms with E-state index >= 15 is 0 Å². The summed E-state index contributed by atoms with van der Waals surface area (Å²) in [5.41, 5.74) is 0. The number of hydrogen-bond acceptors (Lipinski definition) is 6. The van der Waals surface area contributed by atoms with Crippen molar-refractivity contribution in [1.29, 1.82) is 0 Å². The fourth-order valence-corrected chi connectivity index (χ4v) is 3.45. The average Bonchev–Trinajstić information content (AvgIpc) is 2.63. The van der Waals surface area contributed by atoms with E-state index in [1.165, 1.54) is 18.2 Å². The molecule has 3 aromatic carbocycles.